The lowest BCUT2D eigenvalue weighted by Gasteiger charge is -2.28. The second-order valence-electron chi connectivity index (χ2n) is 4.37. The molecule has 1 aliphatic rings. The van der Waals surface area contributed by atoms with E-state index in [1.54, 1.807) is 13.2 Å². The molecule has 4 heteroatoms. The molecule has 0 atom stereocenters. The van der Waals surface area contributed by atoms with Crippen LogP contribution in [0.5, 0.6) is 0 Å². The third-order valence-corrected chi connectivity index (χ3v) is 3.07. The SMILES string of the molecule is COCc1cc(F)ccc1CN1CCNCC1. The summed E-state index contributed by atoms with van der Waals surface area (Å²) in [4.78, 5) is 2.38. The van der Waals surface area contributed by atoms with Gasteiger partial charge < -0.3 is 10.1 Å². The number of piperazine rings is 1. The molecule has 1 heterocycles. The van der Waals surface area contributed by atoms with Crippen molar-refractivity contribution in [3.05, 3.63) is 35.1 Å². The average Bonchev–Trinajstić information content (AvgIpc) is 2.34. The first kappa shape index (κ1) is 12.5. The van der Waals surface area contributed by atoms with Crippen LogP contribution in [-0.4, -0.2) is 38.2 Å². The number of nitrogens with one attached hydrogen (secondary N) is 1. The number of nitrogens with zero attached hydrogens (tertiary/aromatic N) is 1. The molecule has 1 aliphatic heterocycles. The third-order valence-electron chi connectivity index (χ3n) is 3.07. The molecule has 2 rings (SSSR count). The molecule has 17 heavy (non-hydrogen) atoms. The van der Waals surface area contributed by atoms with Crippen molar-refractivity contribution in [2.24, 2.45) is 0 Å². The van der Waals surface area contributed by atoms with Crippen molar-refractivity contribution < 1.29 is 9.13 Å². The molecular formula is C13H19FN2O. The highest BCUT2D eigenvalue weighted by molar-refractivity contribution is 5.27. The summed E-state index contributed by atoms with van der Waals surface area (Å²) < 4.78 is 18.3. The van der Waals surface area contributed by atoms with Crippen LogP contribution in [0.25, 0.3) is 0 Å². The van der Waals surface area contributed by atoms with E-state index in [0.29, 0.717) is 6.61 Å². The Balaban J connectivity index is 2.07. The average molecular weight is 238 g/mol. The topological polar surface area (TPSA) is 24.5 Å². The lowest BCUT2D eigenvalue weighted by molar-refractivity contribution is 0.180. The van der Waals surface area contributed by atoms with Crippen molar-refractivity contribution in [3.8, 4) is 0 Å². The first-order chi connectivity index (χ1) is 8.29. The minimum atomic E-state index is -0.193. The smallest absolute Gasteiger partial charge is 0.123 e. The molecule has 0 saturated carbocycles. The molecule has 0 spiro atoms. The van der Waals surface area contributed by atoms with Gasteiger partial charge in [-0.3, -0.25) is 4.90 Å². The van der Waals surface area contributed by atoms with Gasteiger partial charge in [0, 0.05) is 39.8 Å². The van der Waals surface area contributed by atoms with E-state index in [2.05, 4.69) is 10.2 Å². The van der Waals surface area contributed by atoms with E-state index in [1.807, 2.05) is 6.07 Å². The van der Waals surface area contributed by atoms with Crippen molar-refractivity contribution >= 4 is 0 Å². The Morgan fingerprint density at radius 2 is 2.06 bits per heavy atom. The van der Waals surface area contributed by atoms with Crippen LogP contribution >= 0.6 is 0 Å². The molecule has 1 N–H and O–H groups in total. The predicted molar refractivity (Wildman–Crippen MR) is 65.3 cm³/mol. The lowest BCUT2D eigenvalue weighted by atomic mass is 10.1. The summed E-state index contributed by atoms with van der Waals surface area (Å²) in [7, 11) is 1.64. The molecule has 1 aromatic rings. The monoisotopic (exact) mass is 238 g/mol. The zero-order chi connectivity index (χ0) is 12.1. The van der Waals surface area contributed by atoms with E-state index >= 15 is 0 Å². The summed E-state index contributed by atoms with van der Waals surface area (Å²) in [6.07, 6.45) is 0. The number of benzene rings is 1. The highest BCUT2D eigenvalue weighted by atomic mass is 19.1. The molecular weight excluding hydrogens is 219 g/mol. The van der Waals surface area contributed by atoms with Gasteiger partial charge in [-0.05, 0) is 23.3 Å². The van der Waals surface area contributed by atoms with Crippen LogP contribution in [0.4, 0.5) is 4.39 Å². The van der Waals surface area contributed by atoms with E-state index in [1.165, 1.54) is 6.07 Å². The van der Waals surface area contributed by atoms with Crippen molar-refractivity contribution in [1.82, 2.24) is 10.2 Å². The summed E-state index contributed by atoms with van der Waals surface area (Å²) >= 11 is 0. The molecule has 0 bridgehead atoms. The Kier molecular flexibility index (Phi) is 4.48. The van der Waals surface area contributed by atoms with Crippen LogP contribution in [0.15, 0.2) is 18.2 Å². The molecule has 3 nitrogen and oxygen atoms in total. The van der Waals surface area contributed by atoms with Crippen molar-refractivity contribution in [2.45, 2.75) is 13.2 Å². The summed E-state index contributed by atoms with van der Waals surface area (Å²) in [6.45, 7) is 5.50. The molecule has 0 radical (unpaired) electrons. The standard InChI is InChI=1S/C13H19FN2O/c1-17-10-12-8-13(14)3-2-11(12)9-16-6-4-15-5-7-16/h2-3,8,15H,4-7,9-10H2,1H3. The second-order valence-corrected chi connectivity index (χ2v) is 4.37. The number of hydrogen-bond donors (Lipinski definition) is 1. The molecule has 1 aromatic carbocycles. The summed E-state index contributed by atoms with van der Waals surface area (Å²) in [5, 5.41) is 3.32. The van der Waals surface area contributed by atoms with Gasteiger partial charge >= 0.3 is 0 Å². The van der Waals surface area contributed by atoms with Gasteiger partial charge in [-0.25, -0.2) is 4.39 Å². The zero-order valence-corrected chi connectivity index (χ0v) is 10.2. The van der Waals surface area contributed by atoms with Gasteiger partial charge in [0.1, 0.15) is 5.82 Å². The predicted octanol–water partition coefficient (Wildman–Crippen LogP) is 1.38. The molecule has 0 aliphatic carbocycles. The number of hydrogen-bond acceptors (Lipinski definition) is 3. The van der Waals surface area contributed by atoms with Crippen molar-refractivity contribution in [2.75, 3.05) is 33.3 Å². The van der Waals surface area contributed by atoms with E-state index in [9.17, 15) is 4.39 Å². The fraction of sp³-hybridized carbons (Fsp3) is 0.538. The molecule has 1 fully saturated rings. The maximum absolute atomic E-state index is 13.2. The maximum Gasteiger partial charge on any atom is 0.123 e. The van der Waals surface area contributed by atoms with Crippen molar-refractivity contribution in [1.29, 1.82) is 0 Å². The van der Waals surface area contributed by atoms with Gasteiger partial charge in [-0.2, -0.15) is 0 Å². The van der Waals surface area contributed by atoms with Crippen LogP contribution in [0.1, 0.15) is 11.1 Å². The van der Waals surface area contributed by atoms with E-state index in [0.717, 1.165) is 43.9 Å². The van der Waals surface area contributed by atoms with Gasteiger partial charge in [0.15, 0.2) is 0 Å². The molecule has 0 aromatic heterocycles. The molecule has 0 amide bonds. The van der Waals surface area contributed by atoms with E-state index in [4.69, 9.17) is 4.74 Å². The Morgan fingerprint density at radius 1 is 1.29 bits per heavy atom. The lowest BCUT2D eigenvalue weighted by Crippen LogP contribution is -2.43. The van der Waals surface area contributed by atoms with Crippen LogP contribution in [0.2, 0.25) is 0 Å². The van der Waals surface area contributed by atoms with Gasteiger partial charge in [0.2, 0.25) is 0 Å². The van der Waals surface area contributed by atoms with Crippen LogP contribution in [0.3, 0.4) is 0 Å². The van der Waals surface area contributed by atoms with Gasteiger partial charge in [-0.1, -0.05) is 6.07 Å². The first-order valence-electron chi connectivity index (χ1n) is 5.99. The zero-order valence-electron chi connectivity index (χ0n) is 10.2. The Labute approximate surface area is 102 Å². The number of methoxy groups -OCH3 is 1. The summed E-state index contributed by atoms with van der Waals surface area (Å²) in [6, 6.07) is 4.96. The third kappa shape index (κ3) is 3.49. The fourth-order valence-electron chi connectivity index (χ4n) is 2.15. The minimum Gasteiger partial charge on any atom is -0.380 e. The van der Waals surface area contributed by atoms with Crippen LogP contribution in [-0.2, 0) is 17.9 Å². The molecule has 94 valence electrons. The minimum absolute atomic E-state index is 0.193. The number of halogens is 1. The van der Waals surface area contributed by atoms with Crippen LogP contribution < -0.4 is 5.32 Å². The Hall–Kier alpha value is -0.970. The maximum atomic E-state index is 13.2. The Morgan fingerprint density at radius 3 is 2.76 bits per heavy atom. The van der Waals surface area contributed by atoms with Crippen molar-refractivity contribution in [3.63, 3.8) is 0 Å². The normalized spacial score (nSPS) is 17.3. The van der Waals surface area contributed by atoms with Gasteiger partial charge in [0.25, 0.3) is 0 Å². The fourth-order valence-corrected chi connectivity index (χ4v) is 2.15. The number of ether oxygens (including phenoxy) is 1. The molecule has 0 unspecified atom stereocenters. The van der Waals surface area contributed by atoms with E-state index < -0.39 is 0 Å². The van der Waals surface area contributed by atoms with Crippen LogP contribution in [0, 0.1) is 5.82 Å². The second kappa shape index (κ2) is 6.10. The van der Waals surface area contributed by atoms with E-state index in [-0.39, 0.29) is 5.82 Å². The van der Waals surface area contributed by atoms with Gasteiger partial charge in [-0.15, -0.1) is 0 Å². The highest BCUT2D eigenvalue weighted by Crippen LogP contribution is 2.15. The summed E-state index contributed by atoms with van der Waals surface area (Å²) in [5.74, 6) is -0.193. The quantitative estimate of drug-likeness (QED) is 0.857. The molecule has 1 saturated heterocycles. The number of rotatable bonds is 4. The Bertz CT molecular complexity index is 364. The summed E-state index contributed by atoms with van der Waals surface area (Å²) in [5.41, 5.74) is 2.11. The first-order valence-corrected chi connectivity index (χ1v) is 5.99. The highest BCUT2D eigenvalue weighted by Gasteiger charge is 2.12. The van der Waals surface area contributed by atoms with Gasteiger partial charge in [0.05, 0.1) is 6.61 Å². The largest absolute Gasteiger partial charge is 0.380 e.